The number of nitrogens with two attached hydrogens (primary N) is 1. The predicted molar refractivity (Wildman–Crippen MR) is 88.7 cm³/mol. The van der Waals surface area contributed by atoms with Gasteiger partial charge in [-0.3, -0.25) is 9.36 Å². The Bertz CT molecular complexity index is 901. The summed E-state index contributed by atoms with van der Waals surface area (Å²) in [4.78, 5) is 12.1. The fourth-order valence-electron chi connectivity index (χ4n) is 2.27. The predicted octanol–water partition coefficient (Wildman–Crippen LogP) is 3.08. The summed E-state index contributed by atoms with van der Waals surface area (Å²) in [7, 11) is 0. The van der Waals surface area contributed by atoms with E-state index < -0.39 is 0 Å². The number of nitrogens with zero attached hydrogens (tertiary/aromatic N) is 2. The van der Waals surface area contributed by atoms with E-state index in [1.165, 1.54) is 11.3 Å². The molecule has 0 saturated heterocycles. The second-order valence-corrected chi connectivity index (χ2v) is 5.73. The van der Waals surface area contributed by atoms with Crippen LogP contribution in [0, 0.1) is 11.3 Å². The molecule has 1 heterocycles. The molecule has 3 aromatic rings. The van der Waals surface area contributed by atoms with Crippen molar-refractivity contribution < 1.29 is 0 Å². The van der Waals surface area contributed by atoms with Gasteiger partial charge in [0.1, 0.15) is 0 Å². The van der Waals surface area contributed by atoms with E-state index in [1.54, 1.807) is 16.7 Å². The smallest absolute Gasteiger partial charge is 0.307 e. The number of rotatable bonds is 3. The minimum atomic E-state index is -0.0122. The summed E-state index contributed by atoms with van der Waals surface area (Å²) in [6.45, 7) is 0.470. The molecule has 108 valence electrons. The van der Waals surface area contributed by atoms with Crippen molar-refractivity contribution in [2.45, 2.75) is 6.54 Å². The molecule has 0 atom stereocenters. The van der Waals surface area contributed by atoms with Crippen LogP contribution in [0.3, 0.4) is 0 Å². The van der Waals surface area contributed by atoms with Crippen LogP contribution < -0.4 is 10.6 Å². The van der Waals surface area contributed by atoms with E-state index in [4.69, 9.17) is 11.0 Å². The third-order valence-corrected chi connectivity index (χ3v) is 4.15. The van der Waals surface area contributed by atoms with Crippen molar-refractivity contribution in [2.24, 2.45) is 0 Å². The number of nitrogen functional groups attached to an aromatic ring is 1. The van der Waals surface area contributed by atoms with Gasteiger partial charge in [0.25, 0.3) is 0 Å². The highest BCUT2D eigenvalue weighted by atomic mass is 32.1. The van der Waals surface area contributed by atoms with Gasteiger partial charge in [-0.05, 0) is 29.8 Å². The minimum Gasteiger partial charge on any atom is -0.399 e. The van der Waals surface area contributed by atoms with Gasteiger partial charge in [-0.15, -0.1) is 0 Å². The lowest BCUT2D eigenvalue weighted by atomic mass is 10.1. The first-order valence-electron chi connectivity index (χ1n) is 6.70. The Balaban J connectivity index is 1.99. The number of benzene rings is 2. The van der Waals surface area contributed by atoms with Crippen LogP contribution in [0.5, 0.6) is 0 Å². The van der Waals surface area contributed by atoms with E-state index in [-0.39, 0.29) is 4.87 Å². The number of hydrogen-bond donors (Lipinski definition) is 1. The minimum absolute atomic E-state index is 0.0122. The molecule has 0 fully saturated rings. The van der Waals surface area contributed by atoms with Crippen molar-refractivity contribution >= 4 is 17.0 Å². The van der Waals surface area contributed by atoms with Crippen LogP contribution in [0.25, 0.3) is 11.3 Å². The first kappa shape index (κ1) is 14.1. The molecule has 22 heavy (non-hydrogen) atoms. The summed E-state index contributed by atoms with van der Waals surface area (Å²) in [5.74, 6) is 0. The van der Waals surface area contributed by atoms with Crippen molar-refractivity contribution in [3.8, 4) is 17.3 Å². The highest BCUT2D eigenvalue weighted by molar-refractivity contribution is 7.07. The SMILES string of the molecule is N#Cc1ccc(Cn2c(-c3cccc(N)c3)csc2=O)cc1. The molecule has 0 bridgehead atoms. The normalized spacial score (nSPS) is 10.3. The Morgan fingerprint density at radius 1 is 1.18 bits per heavy atom. The molecule has 5 heteroatoms. The summed E-state index contributed by atoms with van der Waals surface area (Å²) < 4.78 is 1.72. The first-order chi connectivity index (χ1) is 10.7. The van der Waals surface area contributed by atoms with Crippen LogP contribution in [0.4, 0.5) is 5.69 Å². The van der Waals surface area contributed by atoms with Gasteiger partial charge in [0.15, 0.2) is 0 Å². The van der Waals surface area contributed by atoms with Gasteiger partial charge in [-0.25, -0.2) is 0 Å². The molecule has 0 aliphatic rings. The van der Waals surface area contributed by atoms with Gasteiger partial charge >= 0.3 is 4.87 Å². The van der Waals surface area contributed by atoms with Gasteiger partial charge in [0.05, 0.1) is 23.9 Å². The van der Waals surface area contributed by atoms with E-state index in [0.717, 1.165) is 16.8 Å². The van der Waals surface area contributed by atoms with Crippen LogP contribution in [0.2, 0.25) is 0 Å². The number of hydrogen-bond acceptors (Lipinski definition) is 4. The second-order valence-electron chi connectivity index (χ2n) is 4.91. The molecule has 4 nitrogen and oxygen atoms in total. The van der Waals surface area contributed by atoms with E-state index in [1.807, 2.05) is 41.8 Å². The standard InChI is InChI=1S/C17H13N3OS/c18-9-12-4-6-13(7-5-12)10-20-16(11-22-17(20)21)14-2-1-3-15(19)8-14/h1-8,11H,10,19H2. The Kier molecular flexibility index (Phi) is 3.77. The molecule has 0 unspecified atom stereocenters. The van der Waals surface area contributed by atoms with Gasteiger partial charge in [-0.2, -0.15) is 5.26 Å². The quantitative estimate of drug-likeness (QED) is 0.756. The van der Waals surface area contributed by atoms with Gasteiger partial charge in [0, 0.05) is 16.6 Å². The van der Waals surface area contributed by atoms with Crippen molar-refractivity contribution in [3.05, 3.63) is 74.7 Å². The molecule has 1 aromatic heterocycles. The summed E-state index contributed by atoms with van der Waals surface area (Å²) >= 11 is 1.17. The van der Waals surface area contributed by atoms with Crippen molar-refractivity contribution in [3.63, 3.8) is 0 Å². The third kappa shape index (κ3) is 2.78. The molecule has 3 rings (SSSR count). The number of thiazole rings is 1. The third-order valence-electron chi connectivity index (χ3n) is 3.39. The largest absolute Gasteiger partial charge is 0.399 e. The number of anilines is 1. The van der Waals surface area contributed by atoms with Crippen LogP contribution in [-0.4, -0.2) is 4.57 Å². The lowest BCUT2D eigenvalue weighted by Gasteiger charge is -2.08. The zero-order valence-electron chi connectivity index (χ0n) is 11.7. The van der Waals surface area contributed by atoms with E-state index in [2.05, 4.69) is 6.07 Å². The van der Waals surface area contributed by atoms with Gasteiger partial charge in [0.2, 0.25) is 0 Å². The van der Waals surface area contributed by atoms with Crippen LogP contribution in [-0.2, 0) is 6.54 Å². The lowest BCUT2D eigenvalue weighted by Crippen LogP contribution is -2.15. The maximum Gasteiger partial charge on any atom is 0.307 e. The van der Waals surface area contributed by atoms with Gasteiger partial charge < -0.3 is 5.73 Å². The average molecular weight is 307 g/mol. The molecule has 0 aliphatic carbocycles. The van der Waals surface area contributed by atoms with Crippen LogP contribution in [0.15, 0.2) is 58.7 Å². The Morgan fingerprint density at radius 3 is 2.64 bits per heavy atom. The van der Waals surface area contributed by atoms with E-state index >= 15 is 0 Å². The summed E-state index contributed by atoms with van der Waals surface area (Å²) in [5, 5.41) is 10.7. The number of nitriles is 1. The van der Waals surface area contributed by atoms with Gasteiger partial charge in [-0.1, -0.05) is 35.6 Å². The molecule has 2 aromatic carbocycles. The van der Waals surface area contributed by atoms with Crippen molar-refractivity contribution in [2.75, 3.05) is 5.73 Å². The molecular formula is C17H13N3OS. The lowest BCUT2D eigenvalue weighted by molar-refractivity contribution is 0.792. The molecule has 0 aliphatic heterocycles. The number of aromatic nitrogens is 1. The second kappa shape index (κ2) is 5.88. The van der Waals surface area contributed by atoms with E-state index in [0.29, 0.717) is 17.8 Å². The first-order valence-corrected chi connectivity index (χ1v) is 7.58. The molecule has 0 saturated carbocycles. The Hall–Kier alpha value is -2.84. The van der Waals surface area contributed by atoms with Crippen LogP contribution in [0.1, 0.15) is 11.1 Å². The Morgan fingerprint density at radius 2 is 1.95 bits per heavy atom. The molecular weight excluding hydrogens is 294 g/mol. The molecule has 0 amide bonds. The molecule has 0 spiro atoms. The molecule has 0 radical (unpaired) electrons. The fourth-order valence-corrected chi connectivity index (χ4v) is 3.04. The molecule has 2 N–H and O–H groups in total. The highest BCUT2D eigenvalue weighted by Gasteiger charge is 2.10. The zero-order valence-corrected chi connectivity index (χ0v) is 12.5. The topological polar surface area (TPSA) is 71.8 Å². The van der Waals surface area contributed by atoms with Crippen LogP contribution >= 0.6 is 11.3 Å². The van der Waals surface area contributed by atoms with Crippen molar-refractivity contribution in [1.82, 2.24) is 4.57 Å². The maximum atomic E-state index is 12.1. The summed E-state index contributed by atoms with van der Waals surface area (Å²) in [6.07, 6.45) is 0. The van der Waals surface area contributed by atoms with E-state index in [9.17, 15) is 4.79 Å². The monoisotopic (exact) mass is 307 g/mol. The van der Waals surface area contributed by atoms with Crippen molar-refractivity contribution in [1.29, 1.82) is 5.26 Å². The maximum absolute atomic E-state index is 12.1. The average Bonchev–Trinajstić information content (AvgIpc) is 2.89. The summed E-state index contributed by atoms with van der Waals surface area (Å²) in [6, 6.07) is 16.8. The zero-order chi connectivity index (χ0) is 15.5. The summed E-state index contributed by atoms with van der Waals surface area (Å²) in [5.41, 5.74) is 9.85. The fraction of sp³-hybridized carbons (Fsp3) is 0.0588. The highest BCUT2D eigenvalue weighted by Crippen LogP contribution is 2.23. The Labute approximate surface area is 131 Å².